The number of ether oxygens (including phenoxy) is 1. The number of hydrogen-bond acceptors (Lipinski definition) is 2. The number of halogens is 1. The van der Waals surface area contributed by atoms with Gasteiger partial charge in [-0.1, -0.05) is 56.3 Å². The highest BCUT2D eigenvalue weighted by molar-refractivity contribution is 5.50. The van der Waals surface area contributed by atoms with Crippen LogP contribution >= 0.6 is 0 Å². The molecule has 0 saturated heterocycles. The van der Waals surface area contributed by atoms with Crippen molar-refractivity contribution < 1.29 is 13.9 Å². The first-order chi connectivity index (χ1) is 12.1. The SMILES string of the molecule is CC(C)[C@H](Cc1ccc(F)cc1)[C@@H](CCc1ccccc1)OCC=O. The molecule has 2 rings (SSSR count). The Kier molecular flexibility index (Phi) is 7.80. The van der Waals surface area contributed by atoms with Crippen LogP contribution < -0.4 is 0 Å². The molecule has 0 unspecified atom stereocenters. The molecular weight excluding hydrogens is 315 g/mol. The number of carbonyl (C=O) groups excluding carboxylic acids is 1. The lowest BCUT2D eigenvalue weighted by Crippen LogP contribution is -2.31. The van der Waals surface area contributed by atoms with E-state index in [1.807, 2.05) is 30.3 Å². The van der Waals surface area contributed by atoms with Crippen LogP contribution in [0.15, 0.2) is 54.6 Å². The molecule has 0 radical (unpaired) electrons. The predicted molar refractivity (Wildman–Crippen MR) is 99.0 cm³/mol. The van der Waals surface area contributed by atoms with Gasteiger partial charge in [0.1, 0.15) is 18.7 Å². The summed E-state index contributed by atoms with van der Waals surface area (Å²) in [7, 11) is 0. The third-order valence-electron chi connectivity index (χ3n) is 4.66. The molecule has 2 nitrogen and oxygen atoms in total. The summed E-state index contributed by atoms with van der Waals surface area (Å²) in [5.41, 5.74) is 2.37. The first-order valence-corrected chi connectivity index (χ1v) is 8.93. The quantitative estimate of drug-likeness (QED) is 0.577. The van der Waals surface area contributed by atoms with E-state index in [0.29, 0.717) is 5.92 Å². The second kappa shape index (κ2) is 10.1. The van der Waals surface area contributed by atoms with Crippen LogP contribution in [0.2, 0.25) is 0 Å². The Morgan fingerprint density at radius 2 is 1.68 bits per heavy atom. The summed E-state index contributed by atoms with van der Waals surface area (Å²) in [4.78, 5) is 10.8. The van der Waals surface area contributed by atoms with Crippen LogP contribution in [0.5, 0.6) is 0 Å². The molecular formula is C22H27FO2. The number of hydrogen-bond donors (Lipinski definition) is 0. The van der Waals surface area contributed by atoms with Crippen molar-refractivity contribution >= 4 is 6.29 Å². The number of rotatable bonds is 10. The van der Waals surface area contributed by atoms with Crippen LogP contribution in [0.3, 0.4) is 0 Å². The van der Waals surface area contributed by atoms with Crippen molar-refractivity contribution in [3.05, 3.63) is 71.5 Å². The number of aldehydes is 1. The minimum atomic E-state index is -0.220. The minimum Gasteiger partial charge on any atom is -0.370 e. The molecule has 0 aliphatic rings. The van der Waals surface area contributed by atoms with Crippen molar-refractivity contribution in [2.24, 2.45) is 11.8 Å². The van der Waals surface area contributed by atoms with Gasteiger partial charge in [0.05, 0.1) is 6.10 Å². The average Bonchev–Trinajstić information content (AvgIpc) is 2.62. The van der Waals surface area contributed by atoms with E-state index >= 15 is 0 Å². The highest BCUT2D eigenvalue weighted by Crippen LogP contribution is 2.26. The van der Waals surface area contributed by atoms with Crippen molar-refractivity contribution in [2.45, 2.75) is 39.2 Å². The van der Waals surface area contributed by atoms with Gasteiger partial charge >= 0.3 is 0 Å². The summed E-state index contributed by atoms with van der Waals surface area (Å²) in [6, 6.07) is 17.0. The van der Waals surface area contributed by atoms with Crippen molar-refractivity contribution in [3.63, 3.8) is 0 Å². The molecule has 0 fully saturated rings. The largest absolute Gasteiger partial charge is 0.370 e. The standard InChI is InChI=1S/C22H27FO2/c1-17(2)21(16-19-8-11-20(23)12-9-19)22(25-15-14-24)13-10-18-6-4-3-5-7-18/h3-9,11-12,14,17,21-22H,10,13,15-16H2,1-2H3/t21-,22+/m0/s1. The molecule has 0 amide bonds. The third-order valence-corrected chi connectivity index (χ3v) is 4.66. The zero-order valence-electron chi connectivity index (χ0n) is 15.0. The van der Waals surface area contributed by atoms with E-state index in [9.17, 15) is 9.18 Å². The van der Waals surface area contributed by atoms with Gasteiger partial charge < -0.3 is 9.53 Å². The third kappa shape index (κ3) is 6.43. The van der Waals surface area contributed by atoms with E-state index in [1.165, 1.54) is 17.7 Å². The Bertz CT molecular complexity index is 622. The molecule has 0 saturated carbocycles. The Morgan fingerprint density at radius 1 is 1.00 bits per heavy atom. The van der Waals surface area contributed by atoms with E-state index in [-0.39, 0.29) is 24.4 Å². The fourth-order valence-electron chi connectivity index (χ4n) is 3.23. The highest BCUT2D eigenvalue weighted by atomic mass is 19.1. The molecule has 2 aromatic carbocycles. The molecule has 0 N–H and O–H groups in total. The second-order valence-electron chi connectivity index (χ2n) is 6.80. The summed E-state index contributed by atoms with van der Waals surface area (Å²) in [5, 5.41) is 0. The van der Waals surface area contributed by atoms with Crippen LogP contribution in [0.25, 0.3) is 0 Å². The fourth-order valence-corrected chi connectivity index (χ4v) is 3.23. The van der Waals surface area contributed by atoms with Crippen molar-refractivity contribution in [3.8, 4) is 0 Å². The van der Waals surface area contributed by atoms with Crippen LogP contribution in [0.4, 0.5) is 4.39 Å². The van der Waals surface area contributed by atoms with E-state index in [0.717, 1.165) is 31.1 Å². The van der Waals surface area contributed by atoms with Gasteiger partial charge in [-0.2, -0.15) is 0 Å². The van der Waals surface area contributed by atoms with Crippen LogP contribution in [-0.4, -0.2) is 19.0 Å². The maximum Gasteiger partial charge on any atom is 0.145 e. The molecule has 2 atom stereocenters. The van der Waals surface area contributed by atoms with Gasteiger partial charge in [0.25, 0.3) is 0 Å². The van der Waals surface area contributed by atoms with Crippen LogP contribution in [0, 0.1) is 17.7 Å². The van der Waals surface area contributed by atoms with Gasteiger partial charge in [0.15, 0.2) is 0 Å². The van der Waals surface area contributed by atoms with Gasteiger partial charge in [-0.25, -0.2) is 4.39 Å². The van der Waals surface area contributed by atoms with E-state index in [1.54, 1.807) is 0 Å². The maximum atomic E-state index is 13.2. The van der Waals surface area contributed by atoms with E-state index in [2.05, 4.69) is 26.0 Å². The Hall–Kier alpha value is -2.00. The lowest BCUT2D eigenvalue weighted by molar-refractivity contribution is -0.115. The number of aryl methyl sites for hydroxylation is 1. The summed E-state index contributed by atoms with van der Waals surface area (Å²) in [6.07, 6.45) is 3.40. The monoisotopic (exact) mass is 342 g/mol. The number of carbonyl (C=O) groups is 1. The molecule has 25 heavy (non-hydrogen) atoms. The molecule has 0 aliphatic carbocycles. The molecule has 2 aromatic rings. The molecule has 0 bridgehead atoms. The first kappa shape index (κ1) is 19.3. The summed E-state index contributed by atoms with van der Waals surface area (Å²) in [6.45, 7) is 4.47. The van der Waals surface area contributed by atoms with Crippen molar-refractivity contribution in [2.75, 3.05) is 6.61 Å². The van der Waals surface area contributed by atoms with Crippen molar-refractivity contribution in [1.82, 2.24) is 0 Å². The molecule has 0 aromatic heterocycles. The van der Waals surface area contributed by atoms with Crippen LogP contribution in [0.1, 0.15) is 31.4 Å². The van der Waals surface area contributed by atoms with E-state index < -0.39 is 0 Å². The average molecular weight is 342 g/mol. The topological polar surface area (TPSA) is 26.3 Å². The minimum absolute atomic E-state index is 0.00420. The van der Waals surface area contributed by atoms with E-state index in [4.69, 9.17) is 4.74 Å². The van der Waals surface area contributed by atoms with Gasteiger partial charge in [-0.05, 0) is 54.4 Å². The highest BCUT2D eigenvalue weighted by Gasteiger charge is 2.25. The van der Waals surface area contributed by atoms with Gasteiger partial charge in [-0.15, -0.1) is 0 Å². The van der Waals surface area contributed by atoms with Crippen LogP contribution in [-0.2, 0) is 22.4 Å². The number of benzene rings is 2. The van der Waals surface area contributed by atoms with Gasteiger partial charge in [0.2, 0.25) is 0 Å². The Balaban J connectivity index is 2.09. The first-order valence-electron chi connectivity index (χ1n) is 8.93. The van der Waals surface area contributed by atoms with Crippen molar-refractivity contribution in [1.29, 1.82) is 0 Å². The maximum absolute atomic E-state index is 13.2. The molecule has 0 spiro atoms. The zero-order valence-corrected chi connectivity index (χ0v) is 15.0. The summed E-state index contributed by atoms with van der Waals surface area (Å²) < 4.78 is 19.0. The Labute approximate surface area is 150 Å². The molecule has 0 aliphatic heterocycles. The fraction of sp³-hybridized carbons (Fsp3) is 0.409. The van der Waals surface area contributed by atoms with Gasteiger partial charge in [0, 0.05) is 0 Å². The summed E-state index contributed by atoms with van der Waals surface area (Å²) >= 11 is 0. The van der Waals surface area contributed by atoms with Gasteiger partial charge in [-0.3, -0.25) is 0 Å². The molecule has 3 heteroatoms. The lowest BCUT2D eigenvalue weighted by Gasteiger charge is -2.30. The molecule has 0 heterocycles. The summed E-state index contributed by atoms with van der Waals surface area (Å²) in [5.74, 6) is 0.453. The lowest BCUT2D eigenvalue weighted by atomic mass is 9.82. The Morgan fingerprint density at radius 3 is 2.28 bits per heavy atom. The molecule has 134 valence electrons. The smallest absolute Gasteiger partial charge is 0.145 e. The normalized spacial score (nSPS) is 13.6. The predicted octanol–water partition coefficient (Wildman–Crippen LogP) is 4.86. The second-order valence-corrected chi connectivity index (χ2v) is 6.80. The zero-order chi connectivity index (χ0) is 18.1.